The first-order chi connectivity index (χ1) is 13.2. The predicted molar refractivity (Wildman–Crippen MR) is 105 cm³/mol. The first-order valence-corrected chi connectivity index (χ1v) is 9.71. The molecule has 6 nitrogen and oxygen atoms in total. The summed E-state index contributed by atoms with van der Waals surface area (Å²) < 4.78 is 29.1. The van der Waals surface area contributed by atoms with E-state index >= 15 is 0 Å². The SMILES string of the molecule is CCNC(=NCCCOc1ccc(F)cc1)N1CCC(COCCOC)C1. The molecule has 1 saturated heterocycles. The number of ether oxygens (including phenoxy) is 3. The Morgan fingerprint density at radius 3 is 2.81 bits per heavy atom. The number of hydrogen-bond donors (Lipinski definition) is 1. The van der Waals surface area contributed by atoms with Gasteiger partial charge in [-0.1, -0.05) is 0 Å². The summed E-state index contributed by atoms with van der Waals surface area (Å²) in [7, 11) is 1.69. The van der Waals surface area contributed by atoms with Gasteiger partial charge in [-0.05, 0) is 37.6 Å². The minimum atomic E-state index is -0.254. The second-order valence-corrected chi connectivity index (χ2v) is 6.56. The van der Waals surface area contributed by atoms with Crippen LogP contribution in [0.2, 0.25) is 0 Å². The monoisotopic (exact) mass is 381 g/mol. The molecule has 1 aliphatic rings. The van der Waals surface area contributed by atoms with Crippen molar-refractivity contribution in [3.63, 3.8) is 0 Å². The maximum absolute atomic E-state index is 12.9. The molecule has 0 aliphatic carbocycles. The summed E-state index contributed by atoms with van der Waals surface area (Å²) in [6.45, 7) is 8.19. The summed E-state index contributed by atoms with van der Waals surface area (Å²) in [5.74, 6) is 1.92. The number of likely N-dealkylation sites (tertiary alicyclic amines) is 1. The maximum atomic E-state index is 12.9. The van der Waals surface area contributed by atoms with E-state index in [1.165, 1.54) is 12.1 Å². The van der Waals surface area contributed by atoms with E-state index in [1.807, 2.05) is 0 Å². The average molecular weight is 381 g/mol. The first kappa shape index (κ1) is 21.4. The second-order valence-electron chi connectivity index (χ2n) is 6.56. The molecule has 1 heterocycles. The van der Waals surface area contributed by atoms with Crippen LogP contribution in [-0.2, 0) is 9.47 Å². The van der Waals surface area contributed by atoms with Crippen molar-refractivity contribution in [2.24, 2.45) is 10.9 Å². The van der Waals surface area contributed by atoms with Crippen molar-refractivity contribution in [1.82, 2.24) is 10.2 Å². The number of nitrogens with one attached hydrogen (secondary N) is 1. The molecule has 152 valence electrons. The van der Waals surface area contributed by atoms with Crippen LogP contribution < -0.4 is 10.1 Å². The molecule has 0 saturated carbocycles. The molecule has 1 atom stereocenters. The van der Waals surface area contributed by atoms with Gasteiger partial charge in [0, 0.05) is 45.6 Å². The lowest BCUT2D eigenvalue weighted by molar-refractivity contribution is 0.0536. The third-order valence-corrected chi connectivity index (χ3v) is 4.35. The van der Waals surface area contributed by atoms with Crippen molar-refractivity contribution in [3.8, 4) is 5.75 Å². The molecule has 1 aromatic carbocycles. The lowest BCUT2D eigenvalue weighted by atomic mass is 10.1. The molecule has 1 fully saturated rings. The Balaban J connectivity index is 1.69. The van der Waals surface area contributed by atoms with Crippen molar-refractivity contribution >= 4 is 5.96 Å². The normalized spacial score (nSPS) is 17.4. The molecule has 0 spiro atoms. The van der Waals surface area contributed by atoms with Gasteiger partial charge in [0.1, 0.15) is 11.6 Å². The van der Waals surface area contributed by atoms with Crippen LogP contribution in [0.4, 0.5) is 4.39 Å². The van der Waals surface area contributed by atoms with E-state index in [4.69, 9.17) is 19.2 Å². The highest BCUT2D eigenvalue weighted by atomic mass is 19.1. The predicted octanol–water partition coefficient (Wildman–Crippen LogP) is 2.55. The van der Waals surface area contributed by atoms with Crippen molar-refractivity contribution in [2.75, 3.05) is 59.7 Å². The summed E-state index contributed by atoms with van der Waals surface area (Å²) >= 11 is 0. The third-order valence-electron chi connectivity index (χ3n) is 4.35. The highest BCUT2D eigenvalue weighted by Crippen LogP contribution is 2.17. The lowest BCUT2D eigenvalue weighted by Gasteiger charge is -2.21. The van der Waals surface area contributed by atoms with E-state index in [1.54, 1.807) is 19.2 Å². The van der Waals surface area contributed by atoms with Crippen LogP contribution in [0.15, 0.2) is 29.3 Å². The van der Waals surface area contributed by atoms with Crippen molar-refractivity contribution in [2.45, 2.75) is 19.8 Å². The molecule has 0 amide bonds. The fraction of sp³-hybridized carbons (Fsp3) is 0.650. The van der Waals surface area contributed by atoms with Crippen LogP contribution in [0.5, 0.6) is 5.75 Å². The van der Waals surface area contributed by atoms with Crippen LogP contribution in [0, 0.1) is 11.7 Å². The van der Waals surface area contributed by atoms with Crippen LogP contribution >= 0.6 is 0 Å². The third kappa shape index (κ3) is 8.13. The first-order valence-electron chi connectivity index (χ1n) is 9.71. The van der Waals surface area contributed by atoms with Gasteiger partial charge in [0.2, 0.25) is 0 Å². The number of hydrogen-bond acceptors (Lipinski definition) is 4. The summed E-state index contributed by atoms with van der Waals surface area (Å²) in [5, 5.41) is 3.37. The largest absolute Gasteiger partial charge is 0.494 e. The molecular weight excluding hydrogens is 349 g/mol. The van der Waals surface area contributed by atoms with Gasteiger partial charge in [-0.3, -0.25) is 4.99 Å². The molecule has 2 rings (SSSR count). The molecule has 0 radical (unpaired) electrons. The average Bonchev–Trinajstić information content (AvgIpc) is 3.14. The number of methoxy groups -OCH3 is 1. The number of nitrogens with zero attached hydrogens (tertiary/aromatic N) is 2. The number of aliphatic imine (C=N–C) groups is 1. The van der Waals surface area contributed by atoms with Crippen molar-refractivity contribution in [3.05, 3.63) is 30.1 Å². The molecule has 1 aliphatic heterocycles. The number of rotatable bonds is 11. The standard InChI is InChI=1S/C20H32FN3O3/c1-3-22-20(24-11-9-17(15-24)16-26-14-13-25-2)23-10-4-12-27-19-7-5-18(21)6-8-19/h5-8,17H,3-4,9-16H2,1-2H3,(H,22,23). The van der Waals surface area contributed by atoms with Gasteiger partial charge >= 0.3 is 0 Å². The van der Waals surface area contributed by atoms with E-state index in [9.17, 15) is 4.39 Å². The Morgan fingerprint density at radius 1 is 1.26 bits per heavy atom. The quantitative estimate of drug-likeness (QED) is 0.363. The number of guanidine groups is 1. The zero-order valence-electron chi connectivity index (χ0n) is 16.5. The Bertz CT molecular complexity index is 554. The van der Waals surface area contributed by atoms with E-state index in [0.717, 1.165) is 45.0 Å². The van der Waals surface area contributed by atoms with Crippen LogP contribution in [0.1, 0.15) is 19.8 Å². The van der Waals surface area contributed by atoms with E-state index in [0.29, 0.717) is 38.0 Å². The van der Waals surface area contributed by atoms with Gasteiger partial charge in [0.05, 0.1) is 26.4 Å². The van der Waals surface area contributed by atoms with Gasteiger partial charge in [0.25, 0.3) is 0 Å². The Morgan fingerprint density at radius 2 is 2.07 bits per heavy atom. The molecule has 1 unspecified atom stereocenters. The summed E-state index contributed by atoms with van der Waals surface area (Å²) in [6.07, 6.45) is 1.93. The fourth-order valence-electron chi connectivity index (χ4n) is 2.95. The molecule has 1 aromatic rings. The molecule has 0 bridgehead atoms. The maximum Gasteiger partial charge on any atom is 0.193 e. The Labute approximate surface area is 161 Å². The van der Waals surface area contributed by atoms with Gasteiger partial charge in [-0.2, -0.15) is 0 Å². The van der Waals surface area contributed by atoms with E-state index < -0.39 is 0 Å². The molecule has 7 heteroatoms. The van der Waals surface area contributed by atoms with E-state index in [-0.39, 0.29) is 5.82 Å². The summed E-state index contributed by atoms with van der Waals surface area (Å²) in [4.78, 5) is 7.02. The van der Waals surface area contributed by atoms with E-state index in [2.05, 4.69) is 17.1 Å². The smallest absolute Gasteiger partial charge is 0.193 e. The van der Waals surface area contributed by atoms with Crippen molar-refractivity contribution < 1.29 is 18.6 Å². The molecular formula is C20H32FN3O3. The van der Waals surface area contributed by atoms with Crippen LogP contribution in [0.3, 0.4) is 0 Å². The number of benzene rings is 1. The Kier molecular flexibility index (Phi) is 9.94. The van der Waals surface area contributed by atoms with Gasteiger partial charge < -0.3 is 24.4 Å². The molecule has 27 heavy (non-hydrogen) atoms. The highest BCUT2D eigenvalue weighted by molar-refractivity contribution is 5.80. The van der Waals surface area contributed by atoms with Gasteiger partial charge in [-0.15, -0.1) is 0 Å². The Hall–Kier alpha value is -1.86. The van der Waals surface area contributed by atoms with Gasteiger partial charge in [0.15, 0.2) is 5.96 Å². The van der Waals surface area contributed by atoms with Crippen molar-refractivity contribution in [1.29, 1.82) is 0 Å². The number of halogens is 1. The topological polar surface area (TPSA) is 55.3 Å². The fourth-order valence-corrected chi connectivity index (χ4v) is 2.95. The lowest BCUT2D eigenvalue weighted by Crippen LogP contribution is -2.40. The highest BCUT2D eigenvalue weighted by Gasteiger charge is 2.24. The molecule has 0 aromatic heterocycles. The minimum Gasteiger partial charge on any atom is -0.494 e. The van der Waals surface area contributed by atoms with Crippen LogP contribution in [-0.4, -0.2) is 70.6 Å². The summed E-state index contributed by atoms with van der Waals surface area (Å²) in [5.41, 5.74) is 0. The molecule has 1 N–H and O–H groups in total. The second kappa shape index (κ2) is 12.5. The van der Waals surface area contributed by atoms with Gasteiger partial charge in [-0.25, -0.2) is 4.39 Å². The summed E-state index contributed by atoms with van der Waals surface area (Å²) in [6, 6.07) is 6.09. The minimum absolute atomic E-state index is 0.254. The van der Waals surface area contributed by atoms with Crippen LogP contribution in [0.25, 0.3) is 0 Å². The zero-order chi connectivity index (χ0) is 19.3. The zero-order valence-corrected chi connectivity index (χ0v) is 16.5.